The van der Waals surface area contributed by atoms with E-state index in [0.717, 1.165) is 40.0 Å². The second-order valence-electron chi connectivity index (χ2n) is 9.30. The number of benzene rings is 2. The van der Waals surface area contributed by atoms with E-state index < -0.39 is 10.0 Å². The molecule has 0 spiro atoms. The molecule has 0 radical (unpaired) electrons. The highest BCUT2D eigenvalue weighted by Gasteiger charge is 2.35. The Balaban J connectivity index is 1.37. The first-order chi connectivity index (χ1) is 17.3. The maximum absolute atomic E-state index is 13.3. The summed E-state index contributed by atoms with van der Waals surface area (Å²) in [4.78, 5) is 2.54. The van der Waals surface area contributed by atoms with Crippen molar-refractivity contribution in [2.24, 2.45) is 0 Å². The van der Waals surface area contributed by atoms with Crippen LogP contribution in [0.3, 0.4) is 0 Å². The molecule has 1 saturated heterocycles. The van der Waals surface area contributed by atoms with Crippen LogP contribution < -0.4 is 9.64 Å². The number of methoxy groups -OCH3 is 1. The quantitative estimate of drug-likeness (QED) is 0.377. The van der Waals surface area contributed by atoms with Crippen LogP contribution in [-0.4, -0.2) is 65.1 Å². The molecule has 190 valence electrons. The fourth-order valence-corrected chi connectivity index (χ4v) is 6.49. The van der Waals surface area contributed by atoms with E-state index in [2.05, 4.69) is 34.2 Å². The van der Waals surface area contributed by atoms with Gasteiger partial charge >= 0.3 is 0 Å². The molecule has 1 unspecified atom stereocenters. The summed E-state index contributed by atoms with van der Waals surface area (Å²) in [6.45, 7) is 8.46. The molecule has 0 bridgehead atoms. The normalized spacial score (nSPS) is 17.1. The average Bonchev–Trinajstić information content (AvgIpc) is 3.51. The molecule has 36 heavy (non-hydrogen) atoms. The number of hydrogen-bond acceptors (Lipinski definition) is 6. The molecule has 1 fully saturated rings. The summed E-state index contributed by atoms with van der Waals surface area (Å²) in [7, 11) is -1.94. The monoisotopic (exact) mass is 508 g/mol. The maximum Gasteiger partial charge on any atom is 0.246 e. The van der Waals surface area contributed by atoms with E-state index in [0.29, 0.717) is 26.2 Å². The van der Waals surface area contributed by atoms with Crippen molar-refractivity contribution in [2.45, 2.75) is 44.7 Å². The minimum atomic E-state index is -3.59. The third kappa shape index (κ3) is 4.35. The molecule has 5 rings (SSSR count). The standard InChI is InChI=1S/C26H32N6O3S/c1-5-10-30-18-24(16-27-30)36(33,34)31-12-11-29(17-20(31)3)25-14-21-15-28-32(26(21)13-19(25)2)22-6-8-23(35-4)9-7-22/h6-9,13-16,18,20H,5,10-12,17H2,1-4H3. The number of hydrogen-bond donors (Lipinski definition) is 0. The Hall–Kier alpha value is -3.37. The van der Waals surface area contributed by atoms with Crippen LogP contribution in [0, 0.1) is 6.92 Å². The van der Waals surface area contributed by atoms with E-state index in [1.54, 1.807) is 22.3 Å². The third-order valence-electron chi connectivity index (χ3n) is 6.78. The van der Waals surface area contributed by atoms with Crippen LogP contribution in [0.1, 0.15) is 25.8 Å². The highest BCUT2D eigenvalue weighted by atomic mass is 32.2. The number of nitrogens with zero attached hydrogens (tertiary/aromatic N) is 6. The zero-order chi connectivity index (χ0) is 25.4. The first-order valence-electron chi connectivity index (χ1n) is 12.2. The van der Waals surface area contributed by atoms with Gasteiger partial charge < -0.3 is 9.64 Å². The molecule has 1 atom stereocenters. The Labute approximate surface area is 211 Å². The lowest BCUT2D eigenvalue weighted by molar-refractivity contribution is 0.306. The number of anilines is 1. The second kappa shape index (κ2) is 9.59. The van der Waals surface area contributed by atoms with Crippen LogP contribution in [0.2, 0.25) is 0 Å². The molecular weight excluding hydrogens is 476 g/mol. The maximum atomic E-state index is 13.3. The van der Waals surface area contributed by atoms with Crippen molar-refractivity contribution >= 4 is 26.6 Å². The Morgan fingerprint density at radius 1 is 1.08 bits per heavy atom. The van der Waals surface area contributed by atoms with E-state index in [9.17, 15) is 8.42 Å². The van der Waals surface area contributed by atoms with Gasteiger partial charge in [-0.05, 0) is 62.2 Å². The lowest BCUT2D eigenvalue weighted by atomic mass is 10.1. The summed E-state index contributed by atoms with van der Waals surface area (Å²) in [6.07, 6.45) is 5.87. The Morgan fingerprint density at radius 2 is 1.86 bits per heavy atom. The SMILES string of the molecule is CCCn1cc(S(=O)(=O)N2CCN(c3cc4cnn(-c5ccc(OC)cc5)c4cc3C)CC2C)cn1. The van der Waals surface area contributed by atoms with Gasteiger partial charge in [0.1, 0.15) is 10.6 Å². The first-order valence-corrected chi connectivity index (χ1v) is 13.7. The second-order valence-corrected chi connectivity index (χ2v) is 11.2. The van der Waals surface area contributed by atoms with Gasteiger partial charge in [-0.3, -0.25) is 4.68 Å². The van der Waals surface area contributed by atoms with E-state index in [1.165, 1.54) is 6.20 Å². The summed E-state index contributed by atoms with van der Waals surface area (Å²) in [5.74, 6) is 0.804. The van der Waals surface area contributed by atoms with Gasteiger partial charge in [0, 0.05) is 49.5 Å². The van der Waals surface area contributed by atoms with Gasteiger partial charge in [0.25, 0.3) is 0 Å². The molecular formula is C26H32N6O3S. The minimum absolute atomic E-state index is 0.171. The summed E-state index contributed by atoms with van der Waals surface area (Å²) < 4.78 is 37.1. The molecule has 2 aromatic heterocycles. The summed E-state index contributed by atoms with van der Waals surface area (Å²) >= 11 is 0. The van der Waals surface area contributed by atoms with Crippen LogP contribution in [0.4, 0.5) is 5.69 Å². The van der Waals surface area contributed by atoms with Crippen molar-refractivity contribution in [1.82, 2.24) is 23.9 Å². The van der Waals surface area contributed by atoms with Crippen molar-refractivity contribution in [3.8, 4) is 11.4 Å². The summed E-state index contributed by atoms with van der Waals surface area (Å²) in [6, 6.07) is 12.0. The lowest BCUT2D eigenvalue weighted by Gasteiger charge is -2.40. The summed E-state index contributed by atoms with van der Waals surface area (Å²) in [5, 5.41) is 9.87. The minimum Gasteiger partial charge on any atom is -0.497 e. The fourth-order valence-electron chi connectivity index (χ4n) is 4.92. The van der Waals surface area contributed by atoms with Crippen LogP contribution in [-0.2, 0) is 16.6 Å². The molecule has 3 heterocycles. The van der Waals surface area contributed by atoms with Crippen molar-refractivity contribution < 1.29 is 13.2 Å². The van der Waals surface area contributed by atoms with Crippen molar-refractivity contribution in [3.05, 3.63) is 60.6 Å². The van der Waals surface area contributed by atoms with Crippen molar-refractivity contribution in [1.29, 1.82) is 0 Å². The Morgan fingerprint density at radius 3 is 2.56 bits per heavy atom. The number of sulfonamides is 1. The van der Waals surface area contributed by atoms with E-state index in [-0.39, 0.29) is 10.9 Å². The Kier molecular flexibility index (Phi) is 6.48. The summed E-state index contributed by atoms with van der Waals surface area (Å²) in [5.41, 5.74) is 4.23. The van der Waals surface area contributed by atoms with Crippen LogP contribution in [0.15, 0.2) is 59.9 Å². The lowest BCUT2D eigenvalue weighted by Crippen LogP contribution is -2.54. The number of ether oxygens (including phenoxy) is 1. The Bertz CT molecular complexity index is 1480. The predicted octanol–water partition coefficient (Wildman–Crippen LogP) is 3.85. The van der Waals surface area contributed by atoms with Crippen molar-refractivity contribution in [2.75, 3.05) is 31.6 Å². The topological polar surface area (TPSA) is 85.5 Å². The molecule has 1 aliphatic rings. The number of aryl methyl sites for hydroxylation is 2. The van der Waals surface area contributed by atoms with Gasteiger partial charge in [0.2, 0.25) is 10.0 Å². The van der Waals surface area contributed by atoms with E-state index >= 15 is 0 Å². The van der Waals surface area contributed by atoms with Crippen LogP contribution in [0.25, 0.3) is 16.6 Å². The van der Waals surface area contributed by atoms with E-state index in [1.807, 2.05) is 49.0 Å². The number of piperazine rings is 1. The number of fused-ring (bicyclic) bond motifs is 1. The highest BCUT2D eigenvalue weighted by Crippen LogP contribution is 2.31. The zero-order valence-electron chi connectivity index (χ0n) is 21.1. The van der Waals surface area contributed by atoms with Crippen LogP contribution in [0.5, 0.6) is 5.75 Å². The highest BCUT2D eigenvalue weighted by molar-refractivity contribution is 7.89. The smallest absolute Gasteiger partial charge is 0.246 e. The molecule has 0 N–H and O–H groups in total. The van der Waals surface area contributed by atoms with Gasteiger partial charge in [-0.15, -0.1) is 0 Å². The molecule has 0 aliphatic carbocycles. The zero-order valence-corrected chi connectivity index (χ0v) is 21.9. The average molecular weight is 509 g/mol. The van der Waals surface area contributed by atoms with Gasteiger partial charge in [-0.2, -0.15) is 14.5 Å². The van der Waals surface area contributed by atoms with Gasteiger partial charge in [0.05, 0.1) is 30.7 Å². The largest absolute Gasteiger partial charge is 0.497 e. The van der Waals surface area contributed by atoms with Crippen LogP contribution >= 0.6 is 0 Å². The molecule has 10 heteroatoms. The molecule has 0 saturated carbocycles. The van der Waals surface area contributed by atoms with Gasteiger partial charge in [0.15, 0.2) is 0 Å². The molecule has 2 aromatic carbocycles. The molecule has 0 amide bonds. The fraction of sp³-hybridized carbons (Fsp3) is 0.385. The molecule has 1 aliphatic heterocycles. The number of aromatic nitrogens is 4. The van der Waals surface area contributed by atoms with E-state index in [4.69, 9.17) is 4.74 Å². The van der Waals surface area contributed by atoms with Crippen molar-refractivity contribution in [3.63, 3.8) is 0 Å². The predicted molar refractivity (Wildman–Crippen MR) is 140 cm³/mol. The van der Waals surface area contributed by atoms with Gasteiger partial charge in [-0.1, -0.05) is 6.92 Å². The molecule has 4 aromatic rings. The number of rotatable bonds is 7. The van der Waals surface area contributed by atoms with Gasteiger partial charge in [-0.25, -0.2) is 13.1 Å². The molecule has 9 nitrogen and oxygen atoms in total. The first kappa shape index (κ1) is 24.3. The third-order valence-corrected chi connectivity index (χ3v) is 8.75.